The molecule has 0 unspecified atom stereocenters. The Morgan fingerprint density at radius 3 is 2.73 bits per heavy atom. The van der Waals surface area contributed by atoms with Crippen molar-refractivity contribution in [1.29, 1.82) is 0 Å². The largest absolute Gasteiger partial charge is 0.509 e. The predicted molar refractivity (Wildman–Crippen MR) is 111 cm³/mol. The highest BCUT2D eigenvalue weighted by Gasteiger charge is 2.57. The third-order valence-corrected chi connectivity index (χ3v) is 7.09. The zero-order valence-electron chi connectivity index (χ0n) is 17.9. The first-order chi connectivity index (χ1) is 14.0. The first-order valence-corrected chi connectivity index (χ1v) is 13.7. The van der Waals surface area contributed by atoms with Crippen molar-refractivity contribution >= 4 is 26.0 Å². The van der Waals surface area contributed by atoms with Crippen LogP contribution in [-0.4, -0.2) is 55.0 Å². The summed E-state index contributed by atoms with van der Waals surface area (Å²) in [6, 6.07) is 4.43. The van der Waals surface area contributed by atoms with E-state index in [0.29, 0.717) is 17.9 Å². The van der Waals surface area contributed by atoms with E-state index in [1.165, 1.54) is 6.92 Å². The molecule has 0 spiro atoms. The van der Waals surface area contributed by atoms with Crippen molar-refractivity contribution in [1.82, 2.24) is 4.57 Å². The Morgan fingerprint density at radius 2 is 2.07 bits per heavy atom. The smallest absolute Gasteiger partial charge is 0.458 e. The Hall–Kier alpha value is -2.39. The summed E-state index contributed by atoms with van der Waals surface area (Å²) in [4.78, 5) is 37.1. The normalized spacial score (nSPS) is 26.0. The lowest BCUT2D eigenvalue weighted by molar-refractivity contribution is -0.157. The van der Waals surface area contributed by atoms with Crippen LogP contribution in [0.3, 0.4) is 0 Å². The van der Waals surface area contributed by atoms with Crippen molar-refractivity contribution in [2.45, 2.75) is 70.0 Å². The van der Waals surface area contributed by atoms with Crippen LogP contribution < -0.4 is 0 Å². The second-order valence-electron chi connectivity index (χ2n) is 9.07. The van der Waals surface area contributed by atoms with Gasteiger partial charge in [-0.1, -0.05) is 26.2 Å². The average Bonchev–Trinajstić information content (AvgIpc) is 3.09. The fourth-order valence-corrected chi connectivity index (χ4v) is 4.47. The minimum atomic E-state index is -1.48. The van der Waals surface area contributed by atoms with Gasteiger partial charge in [-0.2, -0.15) is 0 Å². The molecule has 8 nitrogen and oxygen atoms in total. The summed E-state index contributed by atoms with van der Waals surface area (Å²) < 4.78 is 23.4. The maximum absolute atomic E-state index is 13.5. The molecule has 30 heavy (non-hydrogen) atoms. The van der Waals surface area contributed by atoms with Crippen LogP contribution in [0.1, 0.15) is 30.3 Å². The van der Waals surface area contributed by atoms with Crippen LogP contribution in [0.4, 0.5) is 4.79 Å². The molecule has 1 saturated carbocycles. The Bertz CT molecular complexity index is 856. The Balaban J connectivity index is 1.79. The molecular weight excluding hydrogens is 406 g/mol. The number of hydrogen-bond donors (Lipinski definition) is 0. The lowest BCUT2D eigenvalue weighted by atomic mass is 9.74. The highest BCUT2D eigenvalue weighted by atomic mass is 28.3. The molecule has 1 aliphatic carbocycles. The van der Waals surface area contributed by atoms with Crippen LogP contribution in [-0.2, 0) is 30.5 Å². The number of hydrogen-bond acceptors (Lipinski definition) is 7. The summed E-state index contributed by atoms with van der Waals surface area (Å²) >= 11 is 0. The van der Waals surface area contributed by atoms with Gasteiger partial charge in [-0.05, 0) is 18.2 Å². The van der Waals surface area contributed by atoms with Gasteiger partial charge in [0.25, 0.3) is 0 Å². The van der Waals surface area contributed by atoms with E-state index in [9.17, 15) is 14.4 Å². The van der Waals surface area contributed by atoms with Crippen LogP contribution in [0.25, 0.3) is 0 Å². The topological polar surface area (TPSA) is 93.1 Å². The first kappa shape index (κ1) is 22.3. The van der Waals surface area contributed by atoms with Crippen LogP contribution in [0.5, 0.6) is 0 Å². The van der Waals surface area contributed by atoms with Crippen molar-refractivity contribution < 1.29 is 33.3 Å². The number of carbonyl (C=O) groups is 3. The minimum absolute atomic E-state index is 0.0114. The highest BCUT2D eigenvalue weighted by Crippen LogP contribution is 2.43. The minimum Gasteiger partial charge on any atom is -0.458 e. The van der Waals surface area contributed by atoms with Crippen LogP contribution >= 0.6 is 0 Å². The summed E-state index contributed by atoms with van der Waals surface area (Å²) in [7, 11) is -1.22. The van der Waals surface area contributed by atoms with Crippen molar-refractivity contribution in [3.8, 4) is 0 Å². The van der Waals surface area contributed by atoms with Gasteiger partial charge in [0.2, 0.25) is 5.78 Å². The average molecular weight is 436 g/mol. The molecule has 0 aromatic carbocycles. The Kier molecular flexibility index (Phi) is 6.23. The van der Waals surface area contributed by atoms with E-state index in [0.717, 1.165) is 6.04 Å². The van der Waals surface area contributed by atoms with E-state index in [-0.39, 0.29) is 25.4 Å². The summed E-state index contributed by atoms with van der Waals surface area (Å²) in [6.07, 6.45) is -0.540. The molecule has 0 amide bonds. The van der Waals surface area contributed by atoms with Crippen molar-refractivity contribution in [2.24, 2.45) is 0 Å². The van der Waals surface area contributed by atoms with Crippen molar-refractivity contribution in [2.75, 3.05) is 6.61 Å². The molecule has 0 N–H and O–H groups in total. The SMILES string of the molecule is C=C1[C@H](OC(C)=O)C[C@]2(C(=O)c3cccn3COCC[Si](C)(C)C)C[C@H]1OC(=O)O2. The number of aromatic nitrogens is 1. The molecule has 1 aromatic heterocycles. The summed E-state index contributed by atoms with van der Waals surface area (Å²) in [5.74, 6) is -0.873. The Morgan fingerprint density at radius 1 is 1.33 bits per heavy atom. The van der Waals surface area contributed by atoms with E-state index in [4.69, 9.17) is 18.9 Å². The fraction of sp³-hybridized carbons (Fsp3) is 0.571. The van der Waals surface area contributed by atoms with Gasteiger partial charge >= 0.3 is 12.1 Å². The number of nitrogens with zero attached hydrogens (tertiary/aromatic N) is 1. The molecule has 9 heteroatoms. The van der Waals surface area contributed by atoms with E-state index < -0.39 is 38.0 Å². The third-order valence-electron chi connectivity index (χ3n) is 5.39. The monoisotopic (exact) mass is 435 g/mol. The zero-order chi connectivity index (χ0) is 22.1. The molecular formula is C21H29NO7Si. The summed E-state index contributed by atoms with van der Waals surface area (Å²) in [5.41, 5.74) is -0.656. The number of esters is 1. The van der Waals surface area contributed by atoms with E-state index in [2.05, 4.69) is 26.2 Å². The molecule has 1 aromatic rings. The van der Waals surface area contributed by atoms with E-state index >= 15 is 0 Å². The van der Waals surface area contributed by atoms with Gasteiger partial charge in [-0.25, -0.2) is 4.79 Å². The lowest BCUT2D eigenvalue weighted by Crippen LogP contribution is -2.58. The molecule has 164 valence electrons. The number of rotatable bonds is 8. The van der Waals surface area contributed by atoms with E-state index in [1.807, 2.05) is 0 Å². The van der Waals surface area contributed by atoms with Crippen molar-refractivity contribution in [3.05, 3.63) is 36.2 Å². The maximum atomic E-state index is 13.5. The van der Waals surface area contributed by atoms with Gasteiger partial charge < -0.3 is 23.5 Å². The van der Waals surface area contributed by atoms with Gasteiger partial charge in [0.15, 0.2) is 5.60 Å². The standard InChI is InChI=1S/C21H29NO7Si/c1-14-17(27-15(2)23)11-21(12-18(14)28-20(25)29-21)19(24)16-7-6-8-22(16)13-26-9-10-30(3,4)5/h6-8,17-18H,1,9-13H2,2-5H3/t17-,18-,21-/m1/s1. The fourth-order valence-electron chi connectivity index (χ4n) is 3.71. The second-order valence-corrected chi connectivity index (χ2v) is 14.7. The highest BCUT2D eigenvalue weighted by molar-refractivity contribution is 6.76. The third kappa shape index (κ3) is 4.84. The second kappa shape index (κ2) is 8.39. The summed E-state index contributed by atoms with van der Waals surface area (Å²) in [5, 5.41) is 0. The quantitative estimate of drug-likeness (QED) is 0.203. The van der Waals surface area contributed by atoms with Crippen LogP contribution in [0.15, 0.2) is 30.5 Å². The van der Waals surface area contributed by atoms with Gasteiger partial charge in [0, 0.05) is 46.2 Å². The molecule has 1 saturated heterocycles. The van der Waals surface area contributed by atoms with Gasteiger partial charge in [0.05, 0.1) is 5.69 Å². The van der Waals surface area contributed by atoms with E-state index in [1.54, 1.807) is 22.9 Å². The van der Waals surface area contributed by atoms with Crippen LogP contribution in [0, 0.1) is 0 Å². The van der Waals surface area contributed by atoms with Gasteiger partial charge in [-0.3, -0.25) is 9.59 Å². The summed E-state index contributed by atoms with van der Waals surface area (Å²) in [6.45, 7) is 12.8. The Labute approximate surface area is 177 Å². The van der Waals surface area contributed by atoms with Gasteiger partial charge in [-0.15, -0.1) is 0 Å². The molecule has 2 heterocycles. The number of Topliss-reactive ketones (excluding diaryl/α,β-unsaturated/α-hetero) is 1. The lowest BCUT2D eigenvalue weighted by Gasteiger charge is -2.45. The zero-order valence-corrected chi connectivity index (χ0v) is 18.9. The molecule has 3 rings (SSSR count). The molecule has 2 fully saturated rings. The number of fused-ring (bicyclic) bond motifs is 2. The molecule has 1 aliphatic heterocycles. The predicted octanol–water partition coefficient (Wildman–Crippen LogP) is 3.54. The number of ketones is 1. The van der Waals surface area contributed by atoms with Crippen LogP contribution in [0.2, 0.25) is 25.7 Å². The number of ether oxygens (including phenoxy) is 4. The molecule has 3 atom stereocenters. The number of carbonyl (C=O) groups excluding carboxylic acids is 3. The first-order valence-electron chi connectivity index (χ1n) is 10.0. The maximum Gasteiger partial charge on any atom is 0.509 e. The van der Waals surface area contributed by atoms with Gasteiger partial charge in [0.1, 0.15) is 18.9 Å². The van der Waals surface area contributed by atoms with Crippen molar-refractivity contribution in [3.63, 3.8) is 0 Å². The molecule has 2 bridgehead atoms. The molecule has 0 radical (unpaired) electrons. The molecule has 2 aliphatic rings.